The third-order valence-corrected chi connectivity index (χ3v) is 13.5. The van der Waals surface area contributed by atoms with Crippen molar-refractivity contribution >= 4 is 29.1 Å². The minimum absolute atomic E-state index is 0.0279. The molecule has 0 radical (unpaired) electrons. The first-order valence-corrected chi connectivity index (χ1v) is 21.0. The zero-order chi connectivity index (χ0) is 42.6. The molecule has 2 amide bonds. The van der Waals surface area contributed by atoms with Gasteiger partial charge in [0, 0.05) is 66.0 Å². The average molecular weight is 821 g/mol. The number of likely N-dealkylation sites (N-methyl/N-ethyl adjacent to an activating group) is 1. The maximum Gasteiger partial charge on any atom is 0.251 e. The lowest BCUT2D eigenvalue weighted by atomic mass is 9.58. The molecule has 318 valence electrons. The molecule has 1 saturated heterocycles. The van der Waals surface area contributed by atoms with E-state index in [9.17, 15) is 19.8 Å². The van der Waals surface area contributed by atoms with Crippen LogP contribution in [0.4, 0.5) is 5.69 Å². The predicted molar refractivity (Wildman–Crippen MR) is 232 cm³/mol. The number of nitrogens with zero attached hydrogens (tertiary/aromatic N) is 3. The predicted octanol–water partition coefficient (Wildman–Crippen LogP) is 6.28. The van der Waals surface area contributed by atoms with E-state index in [0.717, 1.165) is 23.2 Å². The minimum Gasteiger partial charge on any atom is -0.496 e. The number of aliphatic hydroxyl groups is 2. The third kappa shape index (κ3) is 10.00. The number of aliphatic hydroxyl groups excluding tert-OH is 2. The monoisotopic (exact) mass is 819 g/mol. The summed E-state index contributed by atoms with van der Waals surface area (Å²) in [6.45, 7) is 13.2. The molecular formula is C46H66ClN5O6. The SMILES string of the molecule is COc1c(-c2cc(C(=O)N[C@@H](Cc3ccccc3)CN(C)C)cc(N(C)C)c2)ccc(Cl)c1CN1O[C@@H](CO)[C@@H]([C@H](C)O)[C@H]1C(=O)N[C@H]1C[C@@H](C)C(C)(C)[C@@H](C)[C@@H]1C. The summed E-state index contributed by atoms with van der Waals surface area (Å²) in [7, 11) is 9.41. The largest absolute Gasteiger partial charge is 0.496 e. The van der Waals surface area contributed by atoms with Gasteiger partial charge in [0.2, 0.25) is 5.91 Å². The Labute approximate surface area is 351 Å². The molecule has 5 rings (SSSR count). The smallest absolute Gasteiger partial charge is 0.251 e. The number of ether oxygens (including phenoxy) is 1. The van der Waals surface area contributed by atoms with Gasteiger partial charge >= 0.3 is 0 Å². The highest BCUT2D eigenvalue weighted by atomic mass is 35.5. The molecule has 1 saturated carbocycles. The van der Waals surface area contributed by atoms with Crippen LogP contribution in [0.5, 0.6) is 5.75 Å². The Kier molecular flexibility index (Phi) is 15.0. The van der Waals surface area contributed by atoms with Crippen LogP contribution in [0.2, 0.25) is 5.02 Å². The van der Waals surface area contributed by atoms with Crippen LogP contribution >= 0.6 is 11.6 Å². The van der Waals surface area contributed by atoms with Crippen molar-refractivity contribution in [2.75, 3.05) is 53.4 Å². The number of halogens is 1. The number of carbonyl (C=O) groups is 2. The second kappa shape index (κ2) is 19.1. The summed E-state index contributed by atoms with van der Waals surface area (Å²) in [6, 6.07) is 18.4. The zero-order valence-electron chi connectivity index (χ0n) is 36.3. The summed E-state index contributed by atoms with van der Waals surface area (Å²) in [6.07, 6.45) is -0.261. The van der Waals surface area contributed by atoms with Gasteiger partial charge < -0.3 is 35.4 Å². The number of benzene rings is 3. The molecule has 58 heavy (non-hydrogen) atoms. The standard InChI is InChI=1S/C46H66ClN5O6/c1-27-19-39(28(2)29(3)46(27,5)6)49-45(56)42-41(30(4)54)40(26-53)58-52(42)25-37-38(47)18-17-36(43(37)57-11)32-21-33(23-35(22-32)51(9)10)44(55)48-34(24-50(7)8)20-31-15-13-12-14-16-31/h12-18,21-23,27-30,34,39-42,53-54H,19-20,24-26H2,1-11H3,(H,48,55)(H,49,56)/t27-,28+,29+,30+,34+,39+,40+,41-,42+/m1/s1. The normalized spacial score (nSPS) is 25.6. The molecule has 1 aliphatic carbocycles. The van der Waals surface area contributed by atoms with Crippen LogP contribution in [0, 0.1) is 29.1 Å². The molecule has 12 heteroatoms. The number of nitrogens with one attached hydrogen (secondary N) is 2. The van der Waals surface area contributed by atoms with Gasteiger partial charge in [-0.15, -0.1) is 0 Å². The fourth-order valence-electron chi connectivity index (χ4n) is 9.00. The summed E-state index contributed by atoms with van der Waals surface area (Å²) in [4.78, 5) is 38.8. The van der Waals surface area contributed by atoms with Crippen molar-refractivity contribution in [1.29, 1.82) is 0 Å². The van der Waals surface area contributed by atoms with Crippen LogP contribution in [-0.4, -0.2) is 111 Å². The molecule has 0 aromatic heterocycles. The number of hydroxylamine groups is 2. The van der Waals surface area contributed by atoms with Crippen molar-refractivity contribution in [3.8, 4) is 16.9 Å². The van der Waals surface area contributed by atoms with Gasteiger partial charge in [-0.25, -0.2) is 0 Å². The van der Waals surface area contributed by atoms with Crippen LogP contribution in [0.15, 0.2) is 60.7 Å². The van der Waals surface area contributed by atoms with E-state index in [1.807, 2.05) is 75.6 Å². The fraction of sp³-hybridized carbons (Fsp3) is 0.565. The molecule has 0 spiro atoms. The van der Waals surface area contributed by atoms with E-state index in [1.165, 1.54) is 5.06 Å². The van der Waals surface area contributed by atoms with Gasteiger partial charge in [-0.3, -0.25) is 14.4 Å². The third-order valence-electron chi connectivity index (χ3n) is 13.2. The van der Waals surface area contributed by atoms with Crippen molar-refractivity contribution < 1.29 is 29.4 Å². The number of amides is 2. The maximum atomic E-state index is 14.4. The fourth-order valence-corrected chi connectivity index (χ4v) is 9.21. The van der Waals surface area contributed by atoms with E-state index in [2.05, 4.69) is 62.3 Å². The van der Waals surface area contributed by atoms with E-state index in [1.54, 1.807) is 20.1 Å². The quantitative estimate of drug-likeness (QED) is 0.140. The van der Waals surface area contributed by atoms with E-state index in [0.29, 0.717) is 52.3 Å². The van der Waals surface area contributed by atoms with E-state index < -0.39 is 24.2 Å². The molecule has 4 N–H and O–H groups in total. The number of methoxy groups -OCH3 is 1. The lowest BCUT2D eigenvalue weighted by molar-refractivity contribution is -0.182. The Morgan fingerprint density at radius 3 is 2.34 bits per heavy atom. The topological polar surface area (TPSA) is 127 Å². The van der Waals surface area contributed by atoms with Gasteiger partial charge in [0.1, 0.15) is 17.9 Å². The molecule has 0 unspecified atom stereocenters. The molecule has 0 bridgehead atoms. The Bertz CT molecular complexity index is 1870. The van der Waals surface area contributed by atoms with Crippen LogP contribution in [-0.2, 0) is 22.6 Å². The first-order chi connectivity index (χ1) is 27.4. The number of carbonyl (C=O) groups excluding carboxylic acids is 2. The second-order valence-corrected chi connectivity index (χ2v) is 18.2. The van der Waals surface area contributed by atoms with E-state index in [-0.39, 0.29) is 48.4 Å². The highest BCUT2D eigenvalue weighted by Gasteiger charge is 2.51. The lowest BCUT2D eigenvalue weighted by Gasteiger charge is -2.50. The molecule has 3 aromatic carbocycles. The van der Waals surface area contributed by atoms with E-state index >= 15 is 0 Å². The summed E-state index contributed by atoms with van der Waals surface area (Å²) in [5.74, 6) is 0.265. The number of hydrogen-bond acceptors (Lipinski definition) is 9. The van der Waals surface area contributed by atoms with Crippen LogP contribution < -0.4 is 20.3 Å². The van der Waals surface area contributed by atoms with Crippen LogP contribution in [0.1, 0.15) is 69.4 Å². The Morgan fingerprint density at radius 2 is 1.74 bits per heavy atom. The van der Waals surface area contributed by atoms with Crippen molar-refractivity contribution in [3.05, 3.63) is 82.4 Å². The Hall–Kier alpha value is -3.71. The number of anilines is 1. The van der Waals surface area contributed by atoms with Crippen molar-refractivity contribution in [2.24, 2.45) is 29.1 Å². The Balaban J connectivity index is 1.49. The molecule has 2 aliphatic rings. The minimum atomic E-state index is -0.953. The first-order valence-electron chi connectivity index (χ1n) is 20.6. The number of rotatable bonds is 15. The van der Waals surface area contributed by atoms with Gasteiger partial charge in [-0.05, 0) is 98.5 Å². The van der Waals surface area contributed by atoms with Crippen LogP contribution in [0.3, 0.4) is 0 Å². The molecule has 3 aromatic rings. The summed E-state index contributed by atoms with van der Waals surface area (Å²) in [5.41, 5.74) is 4.57. The van der Waals surface area contributed by atoms with Crippen LogP contribution in [0.25, 0.3) is 11.1 Å². The molecule has 1 aliphatic heterocycles. The van der Waals surface area contributed by atoms with Gasteiger partial charge in [0.05, 0.1) is 26.4 Å². The lowest BCUT2D eigenvalue weighted by Crippen LogP contribution is -2.56. The van der Waals surface area contributed by atoms with Crippen molar-refractivity contribution in [1.82, 2.24) is 20.6 Å². The number of hydrogen-bond donors (Lipinski definition) is 4. The van der Waals surface area contributed by atoms with E-state index in [4.69, 9.17) is 21.2 Å². The van der Waals surface area contributed by atoms with Gasteiger partial charge in [-0.1, -0.05) is 76.6 Å². The summed E-state index contributed by atoms with van der Waals surface area (Å²) < 4.78 is 6.11. The zero-order valence-corrected chi connectivity index (χ0v) is 37.0. The maximum absolute atomic E-state index is 14.4. The first kappa shape index (κ1) is 45.4. The summed E-state index contributed by atoms with van der Waals surface area (Å²) in [5, 5.41) is 30.0. The second-order valence-electron chi connectivity index (χ2n) is 17.8. The van der Waals surface area contributed by atoms with Gasteiger partial charge in [0.25, 0.3) is 5.91 Å². The summed E-state index contributed by atoms with van der Waals surface area (Å²) >= 11 is 6.97. The molecule has 11 nitrogen and oxygen atoms in total. The molecule has 1 heterocycles. The molecule has 9 atom stereocenters. The Morgan fingerprint density at radius 1 is 1.05 bits per heavy atom. The van der Waals surface area contributed by atoms with Crippen molar-refractivity contribution in [2.45, 2.75) is 91.3 Å². The van der Waals surface area contributed by atoms with Gasteiger partial charge in [-0.2, -0.15) is 5.06 Å². The average Bonchev–Trinajstić information content (AvgIpc) is 3.55. The van der Waals surface area contributed by atoms with Crippen molar-refractivity contribution in [3.63, 3.8) is 0 Å². The molecule has 2 fully saturated rings. The van der Waals surface area contributed by atoms with Gasteiger partial charge in [0.15, 0.2) is 0 Å². The highest BCUT2D eigenvalue weighted by molar-refractivity contribution is 6.31. The highest BCUT2D eigenvalue weighted by Crippen LogP contribution is 2.48. The molecular weight excluding hydrogens is 754 g/mol.